The van der Waals surface area contributed by atoms with Crippen molar-refractivity contribution in [1.29, 1.82) is 0 Å². The van der Waals surface area contributed by atoms with Gasteiger partial charge < -0.3 is 5.73 Å². The summed E-state index contributed by atoms with van der Waals surface area (Å²) in [5.41, 5.74) is 8.43. The number of thiazole rings is 1. The van der Waals surface area contributed by atoms with Crippen molar-refractivity contribution in [2.45, 2.75) is 11.8 Å². The van der Waals surface area contributed by atoms with Gasteiger partial charge in [-0.05, 0) is 19.1 Å². The van der Waals surface area contributed by atoms with Gasteiger partial charge in [0.25, 0.3) is 0 Å². The van der Waals surface area contributed by atoms with Crippen LogP contribution in [-0.2, 0) is 0 Å². The lowest BCUT2D eigenvalue weighted by Gasteiger charge is -2.01. The number of aromatic nitrogens is 1. The second-order valence-corrected chi connectivity index (χ2v) is 4.57. The zero-order chi connectivity index (χ0) is 10.1. The van der Waals surface area contributed by atoms with Crippen LogP contribution in [0.25, 0.3) is 11.3 Å². The second-order valence-electron chi connectivity index (χ2n) is 3.03. The maximum absolute atomic E-state index is 5.68. The summed E-state index contributed by atoms with van der Waals surface area (Å²) >= 11 is 5.92. The van der Waals surface area contributed by atoms with Crippen LogP contribution >= 0.6 is 24.0 Å². The van der Waals surface area contributed by atoms with Crippen LogP contribution in [0.2, 0.25) is 0 Å². The van der Waals surface area contributed by atoms with Crippen LogP contribution in [0.15, 0.2) is 28.5 Å². The number of nitrogens with two attached hydrogens (primary N) is 1. The van der Waals surface area contributed by atoms with Gasteiger partial charge in [0.15, 0.2) is 0 Å². The fourth-order valence-corrected chi connectivity index (χ4v) is 2.03. The third-order valence-electron chi connectivity index (χ3n) is 1.95. The van der Waals surface area contributed by atoms with Crippen molar-refractivity contribution in [3.05, 3.63) is 28.6 Å². The molecular weight excluding hydrogens is 212 g/mol. The minimum atomic E-state index is 0.698. The van der Waals surface area contributed by atoms with E-state index < -0.39 is 0 Å². The first kappa shape index (κ1) is 9.55. The van der Waals surface area contributed by atoms with Crippen LogP contribution in [0.1, 0.15) is 5.01 Å². The van der Waals surface area contributed by atoms with Crippen molar-refractivity contribution in [3.8, 4) is 11.3 Å². The molecule has 0 fully saturated rings. The van der Waals surface area contributed by atoms with E-state index in [1.807, 2.05) is 30.5 Å². The number of benzene rings is 1. The molecule has 2 rings (SSSR count). The first-order valence-electron chi connectivity index (χ1n) is 4.18. The predicted octanol–water partition coefficient (Wildman–Crippen LogP) is 2.99. The van der Waals surface area contributed by atoms with E-state index in [0.29, 0.717) is 5.69 Å². The fraction of sp³-hybridized carbons (Fsp3) is 0.100. The van der Waals surface area contributed by atoms with Gasteiger partial charge in [0.2, 0.25) is 0 Å². The maximum Gasteiger partial charge on any atom is 0.0901 e. The maximum atomic E-state index is 5.68. The van der Waals surface area contributed by atoms with Crippen LogP contribution in [0.3, 0.4) is 0 Å². The van der Waals surface area contributed by atoms with Gasteiger partial charge in [-0.1, -0.05) is 6.07 Å². The Morgan fingerprint density at radius 2 is 2.21 bits per heavy atom. The normalized spacial score (nSPS) is 10.4. The van der Waals surface area contributed by atoms with E-state index in [4.69, 9.17) is 5.73 Å². The minimum absolute atomic E-state index is 0.698. The molecule has 0 unspecified atom stereocenters. The van der Waals surface area contributed by atoms with E-state index in [9.17, 15) is 0 Å². The van der Waals surface area contributed by atoms with Gasteiger partial charge in [0, 0.05) is 21.5 Å². The Morgan fingerprint density at radius 3 is 2.79 bits per heavy atom. The summed E-state index contributed by atoms with van der Waals surface area (Å²) in [4.78, 5) is 5.19. The first-order chi connectivity index (χ1) is 6.66. The highest BCUT2D eigenvalue weighted by Gasteiger charge is 2.03. The molecule has 0 saturated carbocycles. The molecule has 1 aromatic carbocycles. The zero-order valence-electron chi connectivity index (χ0n) is 7.69. The average Bonchev–Trinajstić information content (AvgIpc) is 2.57. The van der Waals surface area contributed by atoms with Crippen molar-refractivity contribution in [3.63, 3.8) is 0 Å². The van der Waals surface area contributed by atoms with Crippen LogP contribution < -0.4 is 5.73 Å². The summed E-state index contributed by atoms with van der Waals surface area (Å²) in [6, 6.07) is 5.75. The summed E-state index contributed by atoms with van der Waals surface area (Å²) in [5, 5.41) is 3.10. The quantitative estimate of drug-likeness (QED) is 0.575. The van der Waals surface area contributed by atoms with Gasteiger partial charge in [-0.25, -0.2) is 4.98 Å². The molecule has 1 heterocycles. The molecule has 0 aliphatic heterocycles. The van der Waals surface area contributed by atoms with Gasteiger partial charge in [-0.3, -0.25) is 0 Å². The third kappa shape index (κ3) is 1.76. The van der Waals surface area contributed by atoms with Crippen LogP contribution in [0.4, 0.5) is 5.69 Å². The lowest BCUT2D eigenvalue weighted by atomic mass is 10.1. The summed E-state index contributed by atoms with van der Waals surface area (Å²) in [6.07, 6.45) is 0. The summed E-state index contributed by atoms with van der Waals surface area (Å²) < 4.78 is 0. The molecule has 14 heavy (non-hydrogen) atoms. The molecular formula is C10H10N2S2. The van der Waals surface area contributed by atoms with Crippen LogP contribution in [-0.4, -0.2) is 4.98 Å². The molecule has 0 amide bonds. The molecule has 0 saturated heterocycles. The molecule has 4 heteroatoms. The number of hydrogen-bond acceptors (Lipinski definition) is 4. The molecule has 0 radical (unpaired) electrons. The third-order valence-corrected chi connectivity index (χ3v) is 3.11. The van der Waals surface area contributed by atoms with Crippen molar-refractivity contribution < 1.29 is 0 Å². The van der Waals surface area contributed by atoms with Crippen molar-refractivity contribution in [2.24, 2.45) is 0 Å². The molecule has 2 aromatic rings. The molecule has 0 atom stereocenters. The number of anilines is 1. The molecule has 2 N–H and O–H groups in total. The van der Waals surface area contributed by atoms with E-state index in [1.165, 1.54) is 0 Å². The molecule has 0 spiro atoms. The molecule has 0 bridgehead atoms. The Kier molecular flexibility index (Phi) is 2.48. The number of hydrogen-bond donors (Lipinski definition) is 2. The molecule has 0 aliphatic carbocycles. The zero-order valence-corrected chi connectivity index (χ0v) is 9.40. The lowest BCUT2D eigenvalue weighted by Crippen LogP contribution is -1.87. The van der Waals surface area contributed by atoms with Crippen LogP contribution in [0, 0.1) is 6.92 Å². The van der Waals surface area contributed by atoms with Crippen LogP contribution in [0.5, 0.6) is 0 Å². The van der Waals surface area contributed by atoms with Gasteiger partial charge >= 0.3 is 0 Å². The Morgan fingerprint density at radius 1 is 1.43 bits per heavy atom. The number of nitrogen functional groups attached to an aromatic ring is 1. The molecule has 2 nitrogen and oxygen atoms in total. The summed E-state index contributed by atoms with van der Waals surface area (Å²) in [6.45, 7) is 1.99. The smallest absolute Gasteiger partial charge is 0.0901 e. The highest BCUT2D eigenvalue weighted by molar-refractivity contribution is 7.80. The van der Waals surface area contributed by atoms with Gasteiger partial charge in [0.05, 0.1) is 10.7 Å². The summed E-state index contributed by atoms with van der Waals surface area (Å²) in [7, 11) is 0. The van der Waals surface area contributed by atoms with E-state index in [0.717, 1.165) is 21.2 Å². The second kappa shape index (κ2) is 3.63. The molecule has 0 aliphatic rings. The minimum Gasteiger partial charge on any atom is -0.398 e. The highest BCUT2D eigenvalue weighted by Crippen LogP contribution is 2.26. The molecule has 72 valence electrons. The highest BCUT2D eigenvalue weighted by atomic mass is 32.1. The largest absolute Gasteiger partial charge is 0.398 e. The number of rotatable bonds is 1. The average molecular weight is 222 g/mol. The Bertz CT molecular complexity index is 463. The number of aryl methyl sites for hydroxylation is 1. The first-order valence-corrected chi connectivity index (χ1v) is 5.50. The van der Waals surface area contributed by atoms with Gasteiger partial charge in [-0.15, -0.1) is 24.0 Å². The van der Waals surface area contributed by atoms with Crippen molar-refractivity contribution in [1.82, 2.24) is 4.98 Å². The molecule has 1 aromatic heterocycles. The SMILES string of the molecule is Cc1nc(-c2ccc(N)c(S)c2)cs1. The fourth-order valence-electron chi connectivity index (χ4n) is 1.20. The standard InChI is InChI=1S/C10H10N2S2/c1-6-12-9(5-14-6)7-2-3-8(11)10(13)4-7/h2-5,13H,11H2,1H3. The van der Waals surface area contributed by atoms with Gasteiger partial charge in [-0.2, -0.15) is 0 Å². The van der Waals surface area contributed by atoms with E-state index in [1.54, 1.807) is 11.3 Å². The number of nitrogens with zero attached hydrogens (tertiary/aromatic N) is 1. The van der Waals surface area contributed by atoms with E-state index in [2.05, 4.69) is 17.6 Å². The monoisotopic (exact) mass is 222 g/mol. The Balaban J connectivity index is 2.47. The summed E-state index contributed by atoms with van der Waals surface area (Å²) in [5.74, 6) is 0. The lowest BCUT2D eigenvalue weighted by molar-refractivity contribution is 1.29. The van der Waals surface area contributed by atoms with E-state index >= 15 is 0 Å². The predicted molar refractivity (Wildman–Crippen MR) is 64.0 cm³/mol. The van der Waals surface area contributed by atoms with Crippen molar-refractivity contribution in [2.75, 3.05) is 5.73 Å². The Hall–Kier alpha value is -1.00. The van der Waals surface area contributed by atoms with Gasteiger partial charge in [0.1, 0.15) is 0 Å². The van der Waals surface area contributed by atoms with Crippen molar-refractivity contribution >= 4 is 29.7 Å². The number of thiol groups is 1. The topological polar surface area (TPSA) is 38.9 Å². The van der Waals surface area contributed by atoms with E-state index in [-0.39, 0.29) is 0 Å². The Labute approximate surface area is 92.2 Å².